The molecule has 21 heavy (non-hydrogen) atoms. The molecule has 0 unspecified atom stereocenters. The SMILES string of the molecule is CC(C)Cc1nnc(NC(=O)c2ccc(CN)cc2)s1.Cl. The Labute approximate surface area is 134 Å². The molecule has 1 heterocycles. The Kier molecular flexibility index (Phi) is 6.74. The van der Waals surface area contributed by atoms with Crippen LogP contribution in [0.1, 0.15) is 34.8 Å². The first-order valence-corrected chi connectivity index (χ1v) is 7.33. The highest BCUT2D eigenvalue weighted by Crippen LogP contribution is 2.19. The molecule has 0 aliphatic heterocycles. The molecule has 0 aliphatic carbocycles. The Morgan fingerprint density at radius 3 is 2.52 bits per heavy atom. The van der Waals surface area contributed by atoms with E-state index < -0.39 is 0 Å². The van der Waals surface area contributed by atoms with Crippen LogP contribution in [0, 0.1) is 5.92 Å². The van der Waals surface area contributed by atoms with E-state index in [1.165, 1.54) is 11.3 Å². The number of rotatable bonds is 5. The maximum absolute atomic E-state index is 12.0. The lowest BCUT2D eigenvalue weighted by Gasteiger charge is -2.02. The van der Waals surface area contributed by atoms with Crippen molar-refractivity contribution < 1.29 is 4.79 Å². The molecule has 1 aromatic heterocycles. The predicted molar refractivity (Wildman–Crippen MR) is 88.0 cm³/mol. The van der Waals surface area contributed by atoms with Crippen LogP contribution in [-0.4, -0.2) is 16.1 Å². The van der Waals surface area contributed by atoms with Gasteiger partial charge in [0.05, 0.1) is 0 Å². The van der Waals surface area contributed by atoms with Crippen LogP contribution >= 0.6 is 23.7 Å². The standard InChI is InChI=1S/C14H18N4OS.ClH/c1-9(2)7-12-17-18-14(20-12)16-13(19)11-5-3-10(8-15)4-6-11;/h3-6,9H,7-8,15H2,1-2H3,(H,16,18,19);1H. The summed E-state index contributed by atoms with van der Waals surface area (Å²) in [4.78, 5) is 12.0. The van der Waals surface area contributed by atoms with E-state index in [1.807, 2.05) is 12.1 Å². The van der Waals surface area contributed by atoms with Crippen molar-refractivity contribution in [2.24, 2.45) is 11.7 Å². The molecule has 7 heteroatoms. The molecular weight excluding hydrogens is 308 g/mol. The lowest BCUT2D eigenvalue weighted by Crippen LogP contribution is -2.11. The molecule has 1 amide bonds. The second kappa shape index (κ2) is 8.07. The number of carbonyl (C=O) groups is 1. The topological polar surface area (TPSA) is 80.9 Å². The van der Waals surface area contributed by atoms with E-state index in [9.17, 15) is 4.79 Å². The van der Waals surface area contributed by atoms with E-state index in [-0.39, 0.29) is 18.3 Å². The smallest absolute Gasteiger partial charge is 0.257 e. The predicted octanol–water partition coefficient (Wildman–Crippen LogP) is 2.87. The van der Waals surface area contributed by atoms with E-state index >= 15 is 0 Å². The lowest BCUT2D eigenvalue weighted by molar-refractivity contribution is 0.102. The molecule has 2 rings (SSSR count). The van der Waals surface area contributed by atoms with Gasteiger partial charge in [-0.25, -0.2) is 0 Å². The summed E-state index contributed by atoms with van der Waals surface area (Å²) in [6.07, 6.45) is 0.874. The Hall–Kier alpha value is -1.50. The summed E-state index contributed by atoms with van der Waals surface area (Å²) >= 11 is 1.42. The number of anilines is 1. The Morgan fingerprint density at radius 2 is 1.95 bits per heavy atom. The zero-order valence-corrected chi connectivity index (χ0v) is 13.6. The van der Waals surface area contributed by atoms with E-state index in [2.05, 4.69) is 29.4 Å². The molecule has 0 fully saturated rings. The van der Waals surface area contributed by atoms with Gasteiger partial charge in [-0.05, 0) is 23.6 Å². The van der Waals surface area contributed by atoms with Gasteiger partial charge in [-0.15, -0.1) is 22.6 Å². The van der Waals surface area contributed by atoms with Crippen LogP contribution in [0.5, 0.6) is 0 Å². The average molecular weight is 327 g/mol. The maximum Gasteiger partial charge on any atom is 0.257 e. The highest BCUT2D eigenvalue weighted by atomic mass is 35.5. The van der Waals surface area contributed by atoms with Gasteiger partial charge in [0.2, 0.25) is 5.13 Å². The zero-order valence-electron chi connectivity index (χ0n) is 12.0. The molecule has 1 aromatic carbocycles. The van der Waals surface area contributed by atoms with Gasteiger partial charge in [0.25, 0.3) is 5.91 Å². The van der Waals surface area contributed by atoms with Crippen molar-refractivity contribution in [1.29, 1.82) is 0 Å². The third-order valence-corrected chi connectivity index (χ3v) is 3.58. The van der Waals surface area contributed by atoms with Crippen LogP contribution in [-0.2, 0) is 13.0 Å². The summed E-state index contributed by atoms with van der Waals surface area (Å²) in [5.74, 6) is 0.344. The lowest BCUT2D eigenvalue weighted by atomic mass is 10.1. The molecule has 3 N–H and O–H groups in total. The molecular formula is C14H19ClN4OS. The third kappa shape index (κ3) is 5.08. The van der Waals surface area contributed by atoms with Crippen molar-refractivity contribution in [2.45, 2.75) is 26.8 Å². The molecule has 0 radical (unpaired) electrons. The van der Waals surface area contributed by atoms with Gasteiger partial charge in [0.1, 0.15) is 5.01 Å². The first kappa shape index (κ1) is 17.6. The second-order valence-electron chi connectivity index (χ2n) is 4.95. The number of hydrogen-bond donors (Lipinski definition) is 2. The van der Waals surface area contributed by atoms with Gasteiger partial charge in [-0.1, -0.05) is 37.3 Å². The van der Waals surface area contributed by atoms with Crippen LogP contribution in [0.3, 0.4) is 0 Å². The van der Waals surface area contributed by atoms with Crippen LogP contribution < -0.4 is 11.1 Å². The summed E-state index contributed by atoms with van der Waals surface area (Å²) in [5.41, 5.74) is 7.11. The first-order valence-electron chi connectivity index (χ1n) is 6.51. The number of amides is 1. The van der Waals surface area contributed by atoms with Gasteiger partial charge < -0.3 is 5.73 Å². The summed E-state index contributed by atoms with van der Waals surface area (Å²) in [5, 5.41) is 12.3. The van der Waals surface area contributed by atoms with Gasteiger partial charge in [-0.2, -0.15) is 0 Å². The molecule has 0 atom stereocenters. The number of carbonyl (C=O) groups excluding carboxylic acids is 1. The van der Waals surface area contributed by atoms with Crippen molar-refractivity contribution >= 4 is 34.8 Å². The molecule has 0 bridgehead atoms. The fourth-order valence-electron chi connectivity index (χ4n) is 1.70. The fourth-order valence-corrected chi connectivity index (χ4v) is 2.64. The Morgan fingerprint density at radius 1 is 1.29 bits per heavy atom. The largest absolute Gasteiger partial charge is 0.326 e. The van der Waals surface area contributed by atoms with Gasteiger partial charge in [0, 0.05) is 18.5 Å². The Balaban J connectivity index is 0.00000220. The van der Waals surface area contributed by atoms with E-state index in [1.54, 1.807) is 12.1 Å². The highest BCUT2D eigenvalue weighted by molar-refractivity contribution is 7.15. The van der Waals surface area contributed by atoms with Crippen LogP contribution in [0.25, 0.3) is 0 Å². The van der Waals surface area contributed by atoms with Gasteiger partial charge >= 0.3 is 0 Å². The summed E-state index contributed by atoms with van der Waals surface area (Å²) in [6, 6.07) is 7.21. The van der Waals surface area contributed by atoms with Gasteiger partial charge in [-0.3, -0.25) is 10.1 Å². The Bertz CT molecular complexity index is 583. The van der Waals surface area contributed by atoms with E-state index in [0.29, 0.717) is 23.2 Å². The number of benzene rings is 1. The summed E-state index contributed by atoms with van der Waals surface area (Å²) in [7, 11) is 0. The molecule has 2 aromatic rings. The summed E-state index contributed by atoms with van der Waals surface area (Å²) < 4.78 is 0. The number of nitrogens with two attached hydrogens (primary N) is 1. The van der Waals surface area contributed by atoms with E-state index in [0.717, 1.165) is 17.0 Å². The van der Waals surface area contributed by atoms with Gasteiger partial charge in [0.15, 0.2) is 0 Å². The third-order valence-electron chi connectivity index (χ3n) is 2.72. The molecule has 5 nitrogen and oxygen atoms in total. The molecule has 0 saturated heterocycles. The van der Waals surface area contributed by atoms with Crippen LogP contribution in [0.4, 0.5) is 5.13 Å². The number of halogens is 1. The quantitative estimate of drug-likeness (QED) is 0.885. The fraction of sp³-hybridized carbons (Fsp3) is 0.357. The van der Waals surface area contributed by atoms with Crippen molar-refractivity contribution in [3.63, 3.8) is 0 Å². The maximum atomic E-state index is 12.0. The van der Waals surface area contributed by atoms with Crippen molar-refractivity contribution in [2.75, 3.05) is 5.32 Å². The minimum atomic E-state index is -0.180. The molecule has 0 aliphatic rings. The number of nitrogens with zero attached hydrogens (tertiary/aromatic N) is 2. The van der Waals surface area contributed by atoms with E-state index in [4.69, 9.17) is 5.73 Å². The highest BCUT2D eigenvalue weighted by Gasteiger charge is 2.10. The molecule has 0 spiro atoms. The molecule has 0 saturated carbocycles. The normalized spacial score (nSPS) is 10.3. The minimum Gasteiger partial charge on any atom is -0.326 e. The summed E-state index contributed by atoms with van der Waals surface area (Å²) in [6.45, 7) is 4.72. The number of aromatic nitrogens is 2. The number of nitrogens with one attached hydrogen (secondary N) is 1. The number of hydrogen-bond acceptors (Lipinski definition) is 5. The van der Waals surface area contributed by atoms with Crippen LogP contribution in [0.15, 0.2) is 24.3 Å². The average Bonchev–Trinajstić information content (AvgIpc) is 2.85. The first-order chi connectivity index (χ1) is 9.58. The second-order valence-corrected chi connectivity index (χ2v) is 6.02. The monoisotopic (exact) mass is 326 g/mol. The van der Waals surface area contributed by atoms with Crippen molar-refractivity contribution in [3.05, 3.63) is 40.4 Å². The van der Waals surface area contributed by atoms with Crippen LogP contribution in [0.2, 0.25) is 0 Å². The van der Waals surface area contributed by atoms with Crippen molar-refractivity contribution in [3.8, 4) is 0 Å². The zero-order chi connectivity index (χ0) is 14.5. The minimum absolute atomic E-state index is 0. The van der Waals surface area contributed by atoms with Crippen molar-refractivity contribution in [1.82, 2.24) is 10.2 Å². The molecule has 114 valence electrons.